The van der Waals surface area contributed by atoms with Gasteiger partial charge in [-0.15, -0.1) is 0 Å². The third kappa shape index (κ3) is 2.08. The summed E-state index contributed by atoms with van der Waals surface area (Å²) in [6.07, 6.45) is -0.696. The Bertz CT molecular complexity index is 298. The number of piperazine rings is 1. The Hall–Kier alpha value is -0.170. The van der Waals surface area contributed by atoms with Gasteiger partial charge in [0.2, 0.25) is 0 Å². The molecule has 2 saturated heterocycles. The molecule has 2 aliphatic rings. The van der Waals surface area contributed by atoms with Crippen LogP contribution in [0, 0.1) is 0 Å². The molecule has 0 amide bonds. The zero-order valence-corrected chi connectivity index (χ0v) is 8.83. The molecule has 0 aromatic rings. The van der Waals surface area contributed by atoms with E-state index >= 15 is 0 Å². The van der Waals surface area contributed by atoms with Gasteiger partial charge in [0.15, 0.2) is 9.84 Å². The van der Waals surface area contributed by atoms with Crippen LogP contribution in [0.1, 0.15) is 0 Å². The quantitative estimate of drug-likeness (QED) is 0.537. The van der Waals surface area contributed by atoms with E-state index in [4.69, 9.17) is 0 Å². The van der Waals surface area contributed by atoms with Gasteiger partial charge < -0.3 is 10.4 Å². The number of hydrogen-bond acceptors (Lipinski definition) is 5. The average Bonchev–Trinajstić information content (AvgIpc) is 2.41. The lowest BCUT2D eigenvalue weighted by molar-refractivity contribution is 0.0751. The maximum atomic E-state index is 11.3. The largest absolute Gasteiger partial charge is 0.390 e. The van der Waals surface area contributed by atoms with E-state index in [0.717, 1.165) is 26.2 Å². The number of sulfone groups is 1. The van der Waals surface area contributed by atoms with Crippen molar-refractivity contribution in [1.29, 1.82) is 0 Å². The molecule has 2 N–H and O–H groups in total. The maximum Gasteiger partial charge on any atom is 0.154 e. The third-order valence-corrected chi connectivity index (χ3v) is 4.61. The Balaban J connectivity index is 2.04. The SMILES string of the molecule is O=S1(=O)CC(O)C(N2CCNCC2)C1. The van der Waals surface area contributed by atoms with Gasteiger partial charge >= 0.3 is 0 Å². The molecule has 0 saturated carbocycles. The summed E-state index contributed by atoms with van der Waals surface area (Å²) in [5.74, 6) is 0.0514. The Morgan fingerprint density at radius 3 is 2.36 bits per heavy atom. The maximum absolute atomic E-state index is 11.3. The second kappa shape index (κ2) is 3.77. The predicted molar refractivity (Wildman–Crippen MR) is 52.9 cm³/mol. The van der Waals surface area contributed by atoms with Gasteiger partial charge in [-0.25, -0.2) is 8.42 Å². The highest BCUT2D eigenvalue weighted by molar-refractivity contribution is 7.91. The molecule has 14 heavy (non-hydrogen) atoms. The molecular weight excluding hydrogens is 204 g/mol. The summed E-state index contributed by atoms with van der Waals surface area (Å²) in [6, 6.07) is -0.179. The zero-order chi connectivity index (χ0) is 10.2. The van der Waals surface area contributed by atoms with Crippen LogP contribution in [0.5, 0.6) is 0 Å². The average molecular weight is 220 g/mol. The molecule has 0 radical (unpaired) electrons. The highest BCUT2D eigenvalue weighted by Gasteiger charge is 2.39. The van der Waals surface area contributed by atoms with Gasteiger partial charge in [0.25, 0.3) is 0 Å². The summed E-state index contributed by atoms with van der Waals surface area (Å²) in [5.41, 5.74) is 0. The minimum Gasteiger partial charge on any atom is -0.390 e. The van der Waals surface area contributed by atoms with Gasteiger partial charge in [-0.1, -0.05) is 0 Å². The molecule has 2 heterocycles. The molecule has 0 aromatic heterocycles. The molecule has 2 atom stereocenters. The van der Waals surface area contributed by atoms with E-state index in [-0.39, 0.29) is 17.5 Å². The van der Waals surface area contributed by atoms with Crippen LogP contribution in [-0.2, 0) is 9.84 Å². The van der Waals surface area contributed by atoms with Crippen LogP contribution in [0.15, 0.2) is 0 Å². The van der Waals surface area contributed by atoms with Crippen LogP contribution < -0.4 is 5.32 Å². The van der Waals surface area contributed by atoms with Gasteiger partial charge in [-0.3, -0.25) is 4.90 Å². The summed E-state index contributed by atoms with van der Waals surface area (Å²) >= 11 is 0. The first-order valence-electron chi connectivity index (χ1n) is 4.92. The molecule has 82 valence electrons. The lowest BCUT2D eigenvalue weighted by atomic mass is 10.1. The van der Waals surface area contributed by atoms with Gasteiger partial charge in [0, 0.05) is 26.2 Å². The topological polar surface area (TPSA) is 69.6 Å². The molecule has 0 bridgehead atoms. The van der Waals surface area contributed by atoms with Crippen LogP contribution in [0.2, 0.25) is 0 Å². The summed E-state index contributed by atoms with van der Waals surface area (Å²) in [4.78, 5) is 2.08. The Kier molecular flexibility index (Phi) is 2.79. The van der Waals surface area contributed by atoms with Crippen molar-refractivity contribution in [2.75, 3.05) is 37.7 Å². The van der Waals surface area contributed by atoms with Crippen molar-refractivity contribution in [1.82, 2.24) is 10.2 Å². The highest BCUT2D eigenvalue weighted by atomic mass is 32.2. The second-order valence-corrected chi connectivity index (χ2v) is 6.15. The van der Waals surface area contributed by atoms with Gasteiger partial charge in [0.05, 0.1) is 23.7 Å². The van der Waals surface area contributed by atoms with Gasteiger partial charge in [-0.2, -0.15) is 0 Å². The normalized spacial score (nSPS) is 38.6. The van der Waals surface area contributed by atoms with Crippen molar-refractivity contribution in [3.63, 3.8) is 0 Å². The van der Waals surface area contributed by atoms with E-state index in [9.17, 15) is 13.5 Å². The zero-order valence-electron chi connectivity index (χ0n) is 8.02. The summed E-state index contributed by atoms with van der Waals surface area (Å²) in [5, 5.41) is 12.8. The third-order valence-electron chi connectivity index (χ3n) is 2.91. The number of nitrogens with zero attached hydrogens (tertiary/aromatic N) is 1. The molecule has 6 heteroatoms. The van der Waals surface area contributed by atoms with Crippen molar-refractivity contribution >= 4 is 9.84 Å². The van der Waals surface area contributed by atoms with E-state index in [1.165, 1.54) is 0 Å². The molecular formula is C8H16N2O3S. The van der Waals surface area contributed by atoms with Crippen molar-refractivity contribution in [3.05, 3.63) is 0 Å². The number of nitrogens with one attached hydrogen (secondary N) is 1. The number of aliphatic hydroxyl groups excluding tert-OH is 1. The fourth-order valence-corrected chi connectivity index (χ4v) is 4.00. The first kappa shape index (κ1) is 10.4. The summed E-state index contributed by atoms with van der Waals surface area (Å²) in [7, 11) is -3.01. The van der Waals surface area contributed by atoms with E-state index in [1.54, 1.807) is 0 Å². The van der Waals surface area contributed by atoms with Gasteiger partial charge in [0.1, 0.15) is 0 Å². The van der Waals surface area contributed by atoms with Crippen molar-refractivity contribution in [2.24, 2.45) is 0 Å². The van der Waals surface area contributed by atoms with E-state index < -0.39 is 15.9 Å². The first-order valence-corrected chi connectivity index (χ1v) is 6.74. The Morgan fingerprint density at radius 2 is 1.86 bits per heavy atom. The molecule has 2 aliphatic heterocycles. The number of aliphatic hydroxyl groups is 1. The van der Waals surface area contributed by atoms with Crippen LogP contribution >= 0.6 is 0 Å². The Labute approximate surface area is 84.0 Å². The molecule has 5 nitrogen and oxygen atoms in total. The van der Waals surface area contributed by atoms with E-state index in [0.29, 0.717) is 0 Å². The van der Waals surface area contributed by atoms with Gasteiger partial charge in [-0.05, 0) is 0 Å². The van der Waals surface area contributed by atoms with Crippen LogP contribution in [0.25, 0.3) is 0 Å². The van der Waals surface area contributed by atoms with Crippen molar-refractivity contribution < 1.29 is 13.5 Å². The number of rotatable bonds is 1. The first-order chi connectivity index (χ1) is 6.58. The molecule has 2 fully saturated rings. The smallest absolute Gasteiger partial charge is 0.154 e. The van der Waals surface area contributed by atoms with E-state index in [1.807, 2.05) is 0 Å². The predicted octanol–water partition coefficient (Wildman–Crippen LogP) is -1.95. The molecule has 0 aliphatic carbocycles. The van der Waals surface area contributed by atoms with Crippen LogP contribution in [0.4, 0.5) is 0 Å². The van der Waals surface area contributed by atoms with Crippen LogP contribution in [-0.4, -0.2) is 68.3 Å². The molecule has 0 aromatic carbocycles. The molecule has 0 spiro atoms. The lowest BCUT2D eigenvalue weighted by Gasteiger charge is -2.33. The fourth-order valence-electron chi connectivity index (χ4n) is 2.17. The number of hydrogen-bond donors (Lipinski definition) is 2. The molecule has 2 rings (SSSR count). The van der Waals surface area contributed by atoms with Crippen LogP contribution in [0.3, 0.4) is 0 Å². The van der Waals surface area contributed by atoms with E-state index in [2.05, 4.69) is 10.2 Å². The van der Waals surface area contributed by atoms with Crippen molar-refractivity contribution in [2.45, 2.75) is 12.1 Å². The van der Waals surface area contributed by atoms with Crippen molar-refractivity contribution in [3.8, 4) is 0 Å². The highest BCUT2D eigenvalue weighted by Crippen LogP contribution is 2.18. The monoisotopic (exact) mass is 220 g/mol. The summed E-state index contributed by atoms with van der Waals surface area (Å²) < 4.78 is 22.6. The molecule has 2 unspecified atom stereocenters. The standard InChI is InChI=1S/C8H16N2O3S/c11-8-6-14(12,13)5-7(8)10-3-1-9-2-4-10/h7-9,11H,1-6H2. The second-order valence-electron chi connectivity index (χ2n) is 4.00. The summed E-state index contributed by atoms with van der Waals surface area (Å²) in [6.45, 7) is 3.42. The fraction of sp³-hybridized carbons (Fsp3) is 1.00. The minimum absolute atomic E-state index is 0.0679. The lowest BCUT2D eigenvalue weighted by Crippen LogP contribution is -2.52. The Morgan fingerprint density at radius 1 is 1.21 bits per heavy atom. The minimum atomic E-state index is -3.01.